The van der Waals surface area contributed by atoms with E-state index in [1.807, 2.05) is 36.4 Å². The molecule has 0 aliphatic carbocycles. The number of anilines is 1. The number of thiazole rings is 1. The lowest BCUT2D eigenvalue weighted by Gasteiger charge is -2.13. The Morgan fingerprint density at radius 2 is 1.85 bits per heavy atom. The highest BCUT2D eigenvalue weighted by Gasteiger charge is 2.23. The predicted octanol–water partition coefficient (Wildman–Crippen LogP) is 3.70. The molecular weight excluding hydrogens is 350 g/mol. The van der Waals surface area contributed by atoms with E-state index in [1.165, 1.54) is 18.3 Å². The number of aryl methyl sites for hydroxylation is 1. The molecule has 6 nitrogen and oxygen atoms in total. The van der Waals surface area contributed by atoms with Gasteiger partial charge in [-0.25, -0.2) is 9.78 Å². The van der Waals surface area contributed by atoms with Crippen molar-refractivity contribution >= 4 is 28.9 Å². The lowest BCUT2D eigenvalue weighted by atomic mass is 10.3. The SMILES string of the molecule is Cc1nc(-c2ccccn2)sc1C(=O)O[C@H](C)C(=O)Nc1ccccc1. The summed E-state index contributed by atoms with van der Waals surface area (Å²) in [6.07, 6.45) is 0.738. The van der Waals surface area contributed by atoms with E-state index < -0.39 is 18.0 Å². The number of nitrogens with zero attached hydrogens (tertiary/aromatic N) is 2. The number of hydrogen-bond acceptors (Lipinski definition) is 6. The summed E-state index contributed by atoms with van der Waals surface area (Å²) in [7, 11) is 0. The van der Waals surface area contributed by atoms with Crippen LogP contribution in [-0.2, 0) is 9.53 Å². The number of esters is 1. The molecule has 0 saturated carbocycles. The van der Waals surface area contributed by atoms with E-state index in [-0.39, 0.29) is 0 Å². The highest BCUT2D eigenvalue weighted by molar-refractivity contribution is 7.17. The number of carbonyl (C=O) groups is 2. The number of nitrogens with one attached hydrogen (secondary N) is 1. The van der Waals surface area contributed by atoms with Crippen LogP contribution in [0.2, 0.25) is 0 Å². The standard InChI is InChI=1S/C19H17N3O3S/c1-12-16(26-18(21-12)15-10-6-7-11-20-15)19(24)25-13(2)17(23)22-14-8-4-3-5-9-14/h3-11,13H,1-2H3,(H,22,23)/t13-/m1/s1. The third-order valence-electron chi connectivity index (χ3n) is 3.56. The summed E-state index contributed by atoms with van der Waals surface area (Å²) in [5.41, 5.74) is 1.89. The summed E-state index contributed by atoms with van der Waals surface area (Å²) in [5, 5.41) is 3.34. The minimum absolute atomic E-state index is 0.366. The van der Waals surface area contributed by atoms with Gasteiger partial charge in [0.15, 0.2) is 6.10 Å². The molecule has 1 N–H and O–H groups in total. The molecule has 132 valence electrons. The fraction of sp³-hybridized carbons (Fsp3) is 0.158. The minimum Gasteiger partial charge on any atom is -0.448 e. The summed E-state index contributed by atoms with van der Waals surface area (Å²) >= 11 is 1.20. The molecule has 0 spiro atoms. The van der Waals surface area contributed by atoms with Crippen molar-refractivity contribution in [3.63, 3.8) is 0 Å². The average Bonchev–Trinajstić information content (AvgIpc) is 3.05. The molecular formula is C19H17N3O3S. The molecule has 0 aliphatic heterocycles. The summed E-state index contributed by atoms with van der Waals surface area (Å²) < 4.78 is 5.30. The van der Waals surface area contributed by atoms with Gasteiger partial charge in [-0.15, -0.1) is 11.3 Å². The van der Waals surface area contributed by atoms with Crippen LogP contribution in [-0.4, -0.2) is 27.9 Å². The van der Waals surface area contributed by atoms with Crippen LogP contribution in [0.15, 0.2) is 54.7 Å². The molecule has 7 heteroatoms. The molecule has 1 aromatic carbocycles. The number of para-hydroxylation sites is 1. The average molecular weight is 367 g/mol. The maximum Gasteiger partial charge on any atom is 0.351 e. The van der Waals surface area contributed by atoms with Crippen LogP contribution in [0, 0.1) is 6.92 Å². The Labute approximate surface area is 154 Å². The first-order valence-corrected chi connectivity index (χ1v) is 8.82. The van der Waals surface area contributed by atoms with Gasteiger partial charge < -0.3 is 10.1 Å². The lowest BCUT2D eigenvalue weighted by molar-refractivity contribution is -0.123. The zero-order valence-electron chi connectivity index (χ0n) is 14.3. The van der Waals surface area contributed by atoms with Gasteiger partial charge in [0, 0.05) is 11.9 Å². The Kier molecular flexibility index (Phi) is 5.38. The minimum atomic E-state index is -0.928. The molecule has 0 bridgehead atoms. The van der Waals surface area contributed by atoms with Crippen molar-refractivity contribution in [1.82, 2.24) is 9.97 Å². The summed E-state index contributed by atoms with van der Waals surface area (Å²) in [4.78, 5) is 33.6. The molecule has 0 aliphatic rings. The molecule has 2 aromatic heterocycles. The maximum atomic E-state index is 12.4. The first-order valence-electron chi connectivity index (χ1n) is 8.00. The van der Waals surface area contributed by atoms with E-state index >= 15 is 0 Å². The predicted molar refractivity (Wildman–Crippen MR) is 100 cm³/mol. The smallest absolute Gasteiger partial charge is 0.351 e. The molecule has 26 heavy (non-hydrogen) atoms. The fourth-order valence-corrected chi connectivity index (χ4v) is 3.14. The Bertz CT molecular complexity index is 910. The van der Waals surface area contributed by atoms with Crippen molar-refractivity contribution in [2.24, 2.45) is 0 Å². The Hall–Kier alpha value is -3.06. The quantitative estimate of drug-likeness (QED) is 0.696. The van der Waals surface area contributed by atoms with Gasteiger partial charge in [-0.2, -0.15) is 0 Å². The second-order valence-electron chi connectivity index (χ2n) is 5.55. The van der Waals surface area contributed by atoms with Crippen molar-refractivity contribution in [3.05, 3.63) is 65.3 Å². The van der Waals surface area contributed by atoms with Gasteiger partial charge >= 0.3 is 5.97 Å². The molecule has 2 heterocycles. The van der Waals surface area contributed by atoms with E-state index in [1.54, 1.807) is 25.3 Å². The Balaban J connectivity index is 1.68. The van der Waals surface area contributed by atoms with E-state index in [0.717, 1.165) is 0 Å². The summed E-state index contributed by atoms with van der Waals surface area (Å²) in [6.45, 7) is 3.26. The second kappa shape index (κ2) is 7.88. The fourth-order valence-electron chi connectivity index (χ4n) is 2.22. The van der Waals surface area contributed by atoms with Gasteiger partial charge in [0.05, 0.1) is 11.4 Å². The van der Waals surface area contributed by atoms with Gasteiger partial charge in [-0.1, -0.05) is 24.3 Å². The van der Waals surface area contributed by atoms with Crippen molar-refractivity contribution in [2.45, 2.75) is 20.0 Å². The van der Waals surface area contributed by atoms with Crippen LogP contribution in [0.3, 0.4) is 0 Å². The number of aromatic nitrogens is 2. The van der Waals surface area contributed by atoms with Crippen LogP contribution in [0.4, 0.5) is 5.69 Å². The van der Waals surface area contributed by atoms with Gasteiger partial charge in [-0.05, 0) is 38.1 Å². The van der Waals surface area contributed by atoms with Crippen LogP contribution >= 0.6 is 11.3 Å². The third-order valence-corrected chi connectivity index (χ3v) is 4.72. The van der Waals surface area contributed by atoms with Crippen LogP contribution in [0.25, 0.3) is 10.7 Å². The van der Waals surface area contributed by atoms with Crippen molar-refractivity contribution < 1.29 is 14.3 Å². The third kappa shape index (κ3) is 4.12. The van der Waals surface area contributed by atoms with Gasteiger partial charge in [0.25, 0.3) is 5.91 Å². The first-order chi connectivity index (χ1) is 12.5. The topological polar surface area (TPSA) is 81.2 Å². The number of benzene rings is 1. The summed E-state index contributed by atoms with van der Waals surface area (Å²) in [5.74, 6) is -0.963. The lowest BCUT2D eigenvalue weighted by Crippen LogP contribution is -2.29. The normalized spacial score (nSPS) is 11.6. The van der Waals surface area contributed by atoms with E-state index in [4.69, 9.17) is 4.74 Å². The number of carbonyl (C=O) groups excluding carboxylic acids is 2. The highest BCUT2D eigenvalue weighted by Crippen LogP contribution is 2.27. The van der Waals surface area contributed by atoms with Crippen molar-refractivity contribution in [2.75, 3.05) is 5.32 Å². The highest BCUT2D eigenvalue weighted by atomic mass is 32.1. The van der Waals surface area contributed by atoms with E-state index in [2.05, 4.69) is 15.3 Å². The largest absolute Gasteiger partial charge is 0.448 e. The number of amides is 1. The Morgan fingerprint density at radius 1 is 1.12 bits per heavy atom. The van der Waals surface area contributed by atoms with Gasteiger partial charge in [0.2, 0.25) is 0 Å². The molecule has 0 fully saturated rings. The molecule has 0 saturated heterocycles. The maximum absolute atomic E-state index is 12.4. The molecule has 0 radical (unpaired) electrons. The summed E-state index contributed by atoms with van der Waals surface area (Å²) in [6, 6.07) is 14.5. The second-order valence-corrected chi connectivity index (χ2v) is 6.55. The van der Waals surface area contributed by atoms with Crippen molar-refractivity contribution in [1.29, 1.82) is 0 Å². The zero-order valence-corrected chi connectivity index (χ0v) is 15.1. The molecule has 1 amide bonds. The monoisotopic (exact) mass is 367 g/mol. The van der Waals surface area contributed by atoms with Gasteiger partial charge in [-0.3, -0.25) is 9.78 Å². The van der Waals surface area contributed by atoms with Crippen LogP contribution in [0.5, 0.6) is 0 Å². The molecule has 0 unspecified atom stereocenters. The zero-order chi connectivity index (χ0) is 18.5. The molecule has 1 atom stereocenters. The number of hydrogen-bond donors (Lipinski definition) is 1. The first kappa shape index (κ1) is 17.8. The molecule has 3 aromatic rings. The number of ether oxygens (including phenoxy) is 1. The van der Waals surface area contributed by atoms with Gasteiger partial charge in [0.1, 0.15) is 9.88 Å². The van der Waals surface area contributed by atoms with Crippen LogP contribution < -0.4 is 5.32 Å². The van der Waals surface area contributed by atoms with E-state index in [0.29, 0.717) is 27.0 Å². The number of rotatable bonds is 5. The van der Waals surface area contributed by atoms with Crippen molar-refractivity contribution in [3.8, 4) is 10.7 Å². The number of pyridine rings is 1. The van der Waals surface area contributed by atoms with Crippen LogP contribution in [0.1, 0.15) is 22.3 Å². The van der Waals surface area contributed by atoms with E-state index in [9.17, 15) is 9.59 Å². The Morgan fingerprint density at radius 3 is 2.54 bits per heavy atom. The molecule has 3 rings (SSSR count).